The Bertz CT molecular complexity index is 2560. The number of alkyl halides is 3. The van der Waals surface area contributed by atoms with Gasteiger partial charge in [0.05, 0.1) is 58.8 Å². The Kier molecular flexibility index (Phi) is 16.5. The Morgan fingerprint density at radius 1 is 0.913 bits per heavy atom. The van der Waals surface area contributed by atoms with Gasteiger partial charge in [-0.15, -0.1) is 0 Å². The van der Waals surface area contributed by atoms with E-state index < -0.39 is 56.9 Å². The highest BCUT2D eigenvalue weighted by Crippen LogP contribution is 2.51. The van der Waals surface area contributed by atoms with Crippen LogP contribution in [0, 0.1) is 11.3 Å². The number of hydrogen-bond acceptors (Lipinski definition) is 14. The number of methoxy groups -OCH3 is 2. The molecule has 0 spiro atoms. The molecule has 2 aliphatic rings. The smallest absolute Gasteiger partial charge is 0.471 e. The lowest BCUT2D eigenvalue weighted by molar-refractivity contribution is -0.173. The van der Waals surface area contributed by atoms with E-state index in [-0.39, 0.29) is 73.5 Å². The predicted molar refractivity (Wildman–Crippen MR) is 250 cm³/mol. The van der Waals surface area contributed by atoms with Crippen molar-refractivity contribution in [2.24, 2.45) is 0 Å². The van der Waals surface area contributed by atoms with E-state index in [9.17, 15) is 28.0 Å². The average Bonchev–Trinajstić information content (AvgIpc) is 3.74. The van der Waals surface area contributed by atoms with E-state index >= 15 is 0 Å². The quantitative estimate of drug-likeness (QED) is 0.0397. The van der Waals surface area contributed by atoms with Gasteiger partial charge in [0.2, 0.25) is 0 Å². The van der Waals surface area contributed by atoms with Crippen molar-refractivity contribution in [3.05, 3.63) is 130 Å². The fourth-order valence-corrected chi connectivity index (χ4v) is 9.91. The van der Waals surface area contributed by atoms with E-state index in [1.165, 1.54) is 10.8 Å². The minimum atomic E-state index is -5.03. The summed E-state index contributed by atoms with van der Waals surface area (Å²) in [6.07, 6.45) is -5.75. The largest absolute Gasteiger partial charge is 0.497 e. The van der Waals surface area contributed by atoms with Crippen LogP contribution in [-0.2, 0) is 28.9 Å². The number of para-hydroxylation sites is 1. The molecule has 0 radical (unpaired) electrons. The van der Waals surface area contributed by atoms with Gasteiger partial charge < -0.3 is 48.1 Å². The summed E-state index contributed by atoms with van der Waals surface area (Å²) in [5.74, 6) is -0.0676. The van der Waals surface area contributed by atoms with Gasteiger partial charge in [0, 0.05) is 18.5 Å². The number of anilines is 2. The van der Waals surface area contributed by atoms with Crippen LogP contribution in [0.15, 0.2) is 108 Å². The molecule has 4 atom stereocenters. The molecule has 0 bridgehead atoms. The molecule has 20 heteroatoms. The molecule has 3 heterocycles. The fraction of sp³-hybridized carbons (Fsp3) is 0.388. The van der Waals surface area contributed by atoms with Gasteiger partial charge in [0.15, 0.2) is 17.3 Å². The standard InChI is InChI=1S/C49H54F3N6O10P/c1-31(2)58(32(3)4)69(65-26-11-24-53)68-40-28-43(57-29-41-45(56-47(57)60)55-44-38(14-10-15-39(44)66-41)63-27-25-54-46(59)49(50,51)52)67-42(40)30-64-48(33-12-8-7-9-13-33,34-16-20-36(61-5)21-17-34)35-18-22-37(62-6)23-19-35/h7-10,12-23,29,31-32,40,42-43H,11,25-28,30H2,1-6H3,(H,54,59)(H,55,56,60)/t40-,42+,43+,69?/m0/s1. The Morgan fingerprint density at radius 2 is 1.55 bits per heavy atom. The predicted octanol–water partition coefficient (Wildman–Crippen LogP) is 9.12. The number of carbonyl (C=O) groups excluding carboxylic acids is 1. The van der Waals surface area contributed by atoms with Crippen LogP contribution in [0.3, 0.4) is 0 Å². The van der Waals surface area contributed by atoms with Gasteiger partial charge in [-0.25, -0.2) is 9.46 Å². The van der Waals surface area contributed by atoms with Gasteiger partial charge in [0.25, 0.3) is 8.53 Å². The number of fused-ring (bicyclic) bond motifs is 2. The van der Waals surface area contributed by atoms with Crippen molar-refractivity contribution in [3.8, 4) is 34.8 Å². The molecular formula is C49H54F3N6O10P. The second kappa shape index (κ2) is 22.4. The molecule has 69 heavy (non-hydrogen) atoms. The molecule has 0 aliphatic carbocycles. The summed E-state index contributed by atoms with van der Waals surface area (Å²) in [6, 6.07) is 32.0. The summed E-state index contributed by atoms with van der Waals surface area (Å²) >= 11 is 0. The molecule has 5 aromatic rings. The second-order valence-corrected chi connectivity index (χ2v) is 17.9. The lowest BCUT2D eigenvalue weighted by Crippen LogP contribution is -2.39. The van der Waals surface area contributed by atoms with Crippen LogP contribution < -0.4 is 35.3 Å². The van der Waals surface area contributed by atoms with Crippen molar-refractivity contribution in [1.29, 1.82) is 5.26 Å². The summed E-state index contributed by atoms with van der Waals surface area (Å²) in [5.41, 5.74) is 0.767. The molecule has 1 fully saturated rings. The summed E-state index contributed by atoms with van der Waals surface area (Å²) in [5, 5.41) is 14.3. The average molecular weight is 975 g/mol. The van der Waals surface area contributed by atoms with Crippen LogP contribution >= 0.6 is 8.53 Å². The molecule has 1 saturated heterocycles. The Labute approximate surface area is 399 Å². The van der Waals surface area contributed by atoms with Crippen molar-refractivity contribution in [2.45, 2.75) is 82.8 Å². The van der Waals surface area contributed by atoms with Crippen LogP contribution in [0.4, 0.5) is 24.7 Å². The van der Waals surface area contributed by atoms with Crippen molar-refractivity contribution in [2.75, 3.05) is 45.9 Å². The van der Waals surface area contributed by atoms with E-state index in [1.54, 1.807) is 37.7 Å². The summed E-state index contributed by atoms with van der Waals surface area (Å²) in [7, 11) is 1.42. The normalized spacial score (nSPS) is 17.1. The van der Waals surface area contributed by atoms with Crippen LogP contribution in [0.25, 0.3) is 0 Å². The van der Waals surface area contributed by atoms with Gasteiger partial charge in [-0.3, -0.25) is 9.36 Å². The number of nitriles is 1. The first-order valence-corrected chi connectivity index (χ1v) is 23.4. The number of ether oxygens (including phenoxy) is 6. The molecule has 1 unspecified atom stereocenters. The summed E-state index contributed by atoms with van der Waals surface area (Å²) in [6.45, 7) is 7.51. The third kappa shape index (κ3) is 11.6. The molecule has 7 rings (SSSR count). The van der Waals surface area contributed by atoms with E-state index in [0.717, 1.165) is 16.7 Å². The Morgan fingerprint density at radius 3 is 2.14 bits per heavy atom. The summed E-state index contributed by atoms with van der Waals surface area (Å²) in [4.78, 5) is 29.6. The third-order valence-corrected chi connectivity index (χ3v) is 13.4. The van der Waals surface area contributed by atoms with Crippen molar-refractivity contribution < 1.29 is 55.4 Å². The van der Waals surface area contributed by atoms with Crippen LogP contribution in [0.1, 0.15) is 63.5 Å². The number of halogens is 3. The molecule has 4 aromatic carbocycles. The highest BCUT2D eigenvalue weighted by Gasteiger charge is 2.45. The number of nitrogens with one attached hydrogen (secondary N) is 2. The SMILES string of the molecule is COc1ccc(C(OC[C@H]2O[C@@H](n3cc4c(nc3=O)Nc3c(OCCNC(=O)C(F)(F)F)cccc3O4)C[C@@H]2OP(OCCC#N)N(C(C)C)C(C)C)(c2ccccc2)c2ccc(OC)cc2)cc1. The van der Waals surface area contributed by atoms with Crippen LogP contribution in [0.2, 0.25) is 0 Å². The molecule has 16 nitrogen and oxygen atoms in total. The molecular weight excluding hydrogens is 921 g/mol. The van der Waals surface area contributed by atoms with Crippen LogP contribution in [-0.4, -0.2) is 91.2 Å². The first-order chi connectivity index (χ1) is 33.2. The number of amides is 1. The summed E-state index contributed by atoms with van der Waals surface area (Å²) < 4.78 is 92.0. The minimum Gasteiger partial charge on any atom is -0.497 e. The number of hydrogen-bond donors (Lipinski definition) is 2. The first kappa shape index (κ1) is 50.6. The highest BCUT2D eigenvalue weighted by atomic mass is 31.2. The number of benzene rings is 4. The zero-order valence-electron chi connectivity index (χ0n) is 38.9. The van der Waals surface area contributed by atoms with Gasteiger partial charge in [-0.2, -0.15) is 23.4 Å². The number of aromatic nitrogens is 2. The number of rotatable bonds is 21. The maximum absolute atomic E-state index is 14.1. The van der Waals surface area contributed by atoms with E-state index in [2.05, 4.69) is 21.0 Å². The maximum atomic E-state index is 14.1. The monoisotopic (exact) mass is 974 g/mol. The molecule has 1 aromatic heterocycles. The molecule has 1 amide bonds. The molecule has 2 N–H and O–H groups in total. The third-order valence-electron chi connectivity index (χ3n) is 11.3. The lowest BCUT2D eigenvalue weighted by atomic mass is 9.80. The van der Waals surface area contributed by atoms with Gasteiger partial charge in [0.1, 0.15) is 47.5 Å². The Hall–Kier alpha value is -6.26. The second-order valence-electron chi connectivity index (χ2n) is 16.5. The molecule has 2 aliphatic heterocycles. The maximum Gasteiger partial charge on any atom is 0.471 e. The van der Waals surface area contributed by atoms with E-state index in [1.807, 2.05) is 107 Å². The van der Waals surface area contributed by atoms with E-state index in [4.69, 9.17) is 37.5 Å². The zero-order chi connectivity index (χ0) is 49.3. The van der Waals surface area contributed by atoms with Crippen molar-refractivity contribution in [3.63, 3.8) is 0 Å². The van der Waals surface area contributed by atoms with Gasteiger partial charge in [-0.1, -0.05) is 60.7 Å². The highest BCUT2D eigenvalue weighted by molar-refractivity contribution is 7.44. The van der Waals surface area contributed by atoms with Gasteiger partial charge >= 0.3 is 17.8 Å². The molecule has 0 saturated carbocycles. The lowest BCUT2D eigenvalue weighted by Gasteiger charge is -2.39. The zero-order valence-corrected chi connectivity index (χ0v) is 39.8. The van der Waals surface area contributed by atoms with Crippen molar-refractivity contribution in [1.82, 2.24) is 19.5 Å². The van der Waals surface area contributed by atoms with E-state index in [0.29, 0.717) is 11.5 Å². The first-order valence-electron chi connectivity index (χ1n) is 22.2. The van der Waals surface area contributed by atoms with Gasteiger partial charge in [-0.05, 0) is 80.8 Å². The topological polar surface area (TPSA) is 177 Å². The van der Waals surface area contributed by atoms with Crippen LogP contribution in [0.5, 0.6) is 28.7 Å². The number of carbonyl (C=O) groups is 1. The fourth-order valence-electron chi connectivity index (χ4n) is 8.15. The number of nitrogens with zero attached hydrogens (tertiary/aromatic N) is 4. The molecule has 366 valence electrons. The Balaban J connectivity index is 1.23. The minimum absolute atomic E-state index is 0.0111. The van der Waals surface area contributed by atoms with Crippen molar-refractivity contribution >= 4 is 25.9 Å².